The zero-order valence-corrected chi connectivity index (χ0v) is 17.1. The van der Waals surface area contributed by atoms with Crippen LogP contribution in [-0.2, 0) is 6.54 Å². The number of hydrogen-bond acceptors (Lipinski definition) is 2. The highest BCUT2D eigenvalue weighted by Gasteiger charge is 2.27. The van der Waals surface area contributed by atoms with Crippen LogP contribution in [0.2, 0.25) is 0 Å². The molecule has 31 heavy (non-hydrogen) atoms. The Bertz CT molecular complexity index is 1290. The fourth-order valence-corrected chi connectivity index (χ4v) is 3.98. The predicted octanol–water partition coefficient (Wildman–Crippen LogP) is 5.20. The molecule has 1 aliphatic heterocycles. The van der Waals surface area contributed by atoms with Gasteiger partial charge >= 0.3 is 0 Å². The van der Waals surface area contributed by atoms with Crippen LogP contribution in [0.25, 0.3) is 5.69 Å². The highest BCUT2D eigenvalue weighted by atomic mass is 16.2. The molecule has 0 fully saturated rings. The summed E-state index contributed by atoms with van der Waals surface area (Å²) in [6.07, 6.45) is 2.02. The molecule has 2 amide bonds. The molecule has 2 heterocycles. The van der Waals surface area contributed by atoms with Crippen LogP contribution in [-0.4, -0.2) is 16.4 Å². The molecular weight excluding hydrogens is 386 g/mol. The molecule has 0 saturated carbocycles. The summed E-state index contributed by atoms with van der Waals surface area (Å²) < 4.78 is 2.12. The first-order valence-corrected chi connectivity index (χ1v) is 10.2. The molecule has 5 nitrogen and oxygen atoms in total. The van der Waals surface area contributed by atoms with E-state index < -0.39 is 0 Å². The van der Waals surface area contributed by atoms with Crippen LogP contribution in [0.15, 0.2) is 91.1 Å². The number of para-hydroxylation sites is 2. The number of benzene rings is 3. The molecule has 0 saturated heterocycles. The Morgan fingerprint density at radius 3 is 2.32 bits per heavy atom. The van der Waals surface area contributed by atoms with Crippen molar-refractivity contribution in [2.24, 2.45) is 0 Å². The van der Waals surface area contributed by atoms with Crippen molar-refractivity contribution in [1.82, 2.24) is 4.57 Å². The van der Waals surface area contributed by atoms with Gasteiger partial charge in [-0.2, -0.15) is 0 Å². The summed E-state index contributed by atoms with van der Waals surface area (Å²) >= 11 is 0. The molecule has 5 heteroatoms. The maximum absolute atomic E-state index is 13.4. The molecule has 0 radical (unpaired) electrons. The van der Waals surface area contributed by atoms with Crippen molar-refractivity contribution >= 4 is 23.2 Å². The largest absolute Gasteiger partial charge is 0.322 e. The molecule has 4 aromatic rings. The van der Waals surface area contributed by atoms with Crippen LogP contribution in [0, 0.1) is 6.92 Å². The van der Waals surface area contributed by atoms with E-state index in [1.54, 1.807) is 24.3 Å². The minimum Gasteiger partial charge on any atom is -0.322 e. The second-order valence-electron chi connectivity index (χ2n) is 7.60. The number of anilines is 2. The number of fused-ring (bicyclic) bond motifs is 3. The summed E-state index contributed by atoms with van der Waals surface area (Å²) in [6.45, 7) is 2.40. The lowest BCUT2D eigenvalue weighted by molar-refractivity contribution is 0.0982. The molecular formula is C26H21N3O2. The van der Waals surface area contributed by atoms with Crippen molar-refractivity contribution in [1.29, 1.82) is 0 Å². The van der Waals surface area contributed by atoms with Crippen LogP contribution in [0.3, 0.4) is 0 Å². The van der Waals surface area contributed by atoms with Crippen LogP contribution in [0.4, 0.5) is 11.4 Å². The fourth-order valence-electron chi connectivity index (χ4n) is 3.98. The van der Waals surface area contributed by atoms with Crippen molar-refractivity contribution in [3.63, 3.8) is 0 Å². The highest BCUT2D eigenvalue weighted by molar-refractivity contribution is 6.08. The zero-order chi connectivity index (χ0) is 21.4. The van der Waals surface area contributed by atoms with Gasteiger partial charge in [0.1, 0.15) is 0 Å². The third kappa shape index (κ3) is 3.40. The number of hydrogen-bond donors (Lipinski definition) is 1. The van der Waals surface area contributed by atoms with Gasteiger partial charge in [0.15, 0.2) is 0 Å². The third-order valence-corrected chi connectivity index (χ3v) is 5.59. The minimum atomic E-state index is -0.173. The zero-order valence-electron chi connectivity index (χ0n) is 17.1. The van der Waals surface area contributed by atoms with Gasteiger partial charge in [0.25, 0.3) is 11.8 Å². The summed E-state index contributed by atoms with van der Waals surface area (Å²) in [5.74, 6) is -0.238. The number of aromatic nitrogens is 1. The summed E-state index contributed by atoms with van der Waals surface area (Å²) in [5, 5.41) is 2.93. The summed E-state index contributed by atoms with van der Waals surface area (Å²) in [6, 6.07) is 26.4. The van der Waals surface area contributed by atoms with Gasteiger partial charge in [-0.25, -0.2) is 0 Å². The Morgan fingerprint density at radius 1 is 0.806 bits per heavy atom. The van der Waals surface area contributed by atoms with Crippen LogP contribution >= 0.6 is 0 Å². The van der Waals surface area contributed by atoms with Gasteiger partial charge in [0.2, 0.25) is 0 Å². The first-order chi connectivity index (χ1) is 15.1. The summed E-state index contributed by atoms with van der Waals surface area (Å²) in [5.41, 5.74) is 5.65. The van der Waals surface area contributed by atoms with E-state index in [-0.39, 0.29) is 11.8 Å². The number of nitrogens with zero attached hydrogens (tertiary/aromatic N) is 2. The van der Waals surface area contributed by atoms with Crippen molar-refractivity contribution in [2.45, 2.75) is 13.5 Å². The van der Waals surface area contributed by atoms with Gasteiger partial charge in [-0.05, 0) is 67.1 Å². The quantitative estimate of drug-likeness (QED) is 0.508. The second-order valence-corrected chi connectivity index (χ2v) is 7.60. The number of rotatable bonds is 3. The van der Waals surface area contributed by atoms with Gasteiger partial charge < -0.3 is 14.8 Å². The number of carbonyl (C=O) groups is 2. The average molecular weight is 407 g/mol. The molecule has 0 bridgehead atoms. The van der Waals surface area contributed by atoms with E-state index in [0.29, 0.717) is 23.4 Å². The minimum absolute atomic E-state index is 0.0658. The molecule has 0 unspecified atom stereocenters. The number of aryl methyl sites for hydroxylation is 1. The number of carbonyl (C=O) groups excluding carboxylic acids is 2. The lowest BCUT2D eigenvalue weighted by atomic mass is 10.1. The first kappa shape index (κ1) is 18.9. The van der Waals surface area contributed by atoms with Gasteiger partial charge in [0, 0.05) is 28.7 Å². The van der Waals surface area contributed by atoms with Crippen molar-refractivity contribution in [3.05, 3.63) is 114 Å². The molecule has 1 aliphatic rings. The van der Waals surface area contributed by atoms with E-state index in [2.05, 4.69) is 9.88 Å². The molecule has 0 aliphatic carbocycles. The van der Waals surface area contributed by atoms with Crippen molar-refractivity contribution in [3.8, 4) is 5.69 Å². The molecule has 1 aromatic heterocycles. The summed E-state index contributed by atoms with van der Waals surface area (Å²) in [4.78, 5) is 27.7. The van der Waals surface area contributed by atoms with Crippen molar-refractivity contribution < 1.29 is 9.59 Å². The lowest BCUT2D eigenvalue weighted by Crippen LogP contribution is -2.34. The Kier molecular flexibility index (Phi) is 4.64. The van der Waals surface area contributed by atoms with E-state index in [9.17, 15) is 9.59 Å². The van der Waals surface area contributed by atoms with Gasteiger partial charge in [-0.15, -0.1) is 0 Å². The molecule has 152 valence electrons. The Hall–Kier alpha value is -4.12. The average Bonchev–Trinajstić information content (AvgIpc) is 3.29. The summed E-state index contributed by atoms with van der Waals surface area (Å²) in [7, 11) is 0. The lowest BCUT2D eigenvalue weighted by Gasteiger charge is -2.31. The monoisotopic (exact) mass is 407 g/mol. The Morgan fingerprint density at radius 2 is 1.55 bits per heavy atom. The smallest absolute Gasteiger partial charge is 0.258 e. The SMILES string of the molecule is Cc1cc(C(=O)N2Cc3cccn3-c3ccccc32)ccc1NC(=O)c1ccccc1. The van der Waals surface area contributed by atoms with E-state index in [1.165, 1.54) is 0 Å². The highest BCUT2D eigenvalue weighted by Crippen LogP contribution is 2.33. The normalized spacial score (nSPS) is 12.1. The molecule has 0 atom stereocenters. The number of nitrogens with one attached hydrogen (secondary N) is 1. The third-order valence-electron chi connectivity index (χ3n) is 5.59. The molecule has 1 N–H and O–H groups in total. The molecule has 5 rings (SSSR count). The van der Waals surface area contributed by atoms with Crippen LogP contribution in [0.5, 0.6) is 0 Å². The maximum atomic E-state index is 13.4. The van der Waals surface area contributed by atoms with E-state index in [1.807, 2.05) is 78.7 Å². The van der Waals surface area contributed by atoms with E-state index in [4.69, 9.17) is 0 Å². The van der Waals surface area contributed by atoms with Crippen LogP contribution in [0.1, 0.15) is 32.0 Å². The molecule has 3 aromatic carbocycles. The molecule has 0 spiro atoms. The Balaban J connectivity index is 1.42. The van der Waals surface area contributed by atoms with Gasteiger partial charge in [0.05, 0.1) is 17.9 Å². The van der Waals surface area contributed by atoms with Gasteiger partial charge in [-0.1, -0.05) is 30.3 Å². The predicted molar refractivity (Wildman–Crippen MR) is 122 cm³/mol. The van der Waals surface area contributed by atoms with Crippen molar-refractivity contribution in [2.75, 3.05) is 10.2 Å². The Labute approximate surface area is 180 Å². The fraction of sp³-hybridized carbons (Fsp3) is 0.0769. The maximum Gasteiger partial charge on any atom is 0.258 e. The van der Waals surface area contributed by atoms with E-state index in [0.717, 1.165) is 22.6 Å². The first-order valence-electron chi connectivity index (χ1n) is 10.2. The standard InChI is InChI=1S/C26H21N3O2/c1-18-16-20(13-14-22(18)27-25(30)19-8-3-2-4-9-19)26(31)29-17-21-10-7-15-28(21)23-11-5-6-12-24(23)29/h2-16H,17H2,1H3,(H,27,30). The number of amides is 2. The second kappa shape index (κ2) is 7.61. The topological polar surface area (TPSA) is 54.3 Å². The van der Waals surface area contributed by atoms with E-state index >= 15 is 0 Å². The van der Waals surface area contributed by atoms with Gasteiger partial charge in [-0.3, -0.25) is 9.59 Å². The van der Waals surface area contributed by atoms with Crippen LogP contribution < -0.4 is 10.2 Å².